The number of nitrogens with zero attached hydrogens (tertiary/aromatic N) is 1. The first-order valence-electron chi connectivity index (χ1n) is 5.92. The molecule has 1 heterocycles. The van der Waals surface area contributed by atoms with Crippen molar-refractivity contribution in [1.29, 1.82) is 0 Å². The smallest absolute Gasteiger partial charge is 0.152 e. The average Bonchev–Trinajstić information content (AvgIpc) is 2.78. The van der Waals surface area contributed by atoms with E-state index in [-0.39, 0.29) is 0 Å². The van der Waals surface area contributed by atoms with E-state index in [1.54, 1.807) is 0 Å². The van der Waals surface area contributed by atoms with Crippen molar-refractivity contribution >= 4 is 33.1 Å². The van der Waals surface area contributed by atoms with Gasteiger partial charge in [-0.1, -0.05) is 52.3 Å². The summed E-state index contributed by atoms with van der Waals surface area (Å²) in [6.45, 7) is 0. The Balaban J connectivity index is 0.000000163. The van der Waals surface area contributed by atoms with Crippen LogP contribution in [0.1, 0.15) is 10.4 Å². The summed E-state index contributed by atoms with van der Waals surface area (Å²) in [6.07, 6.45) is 2.74. The molecule has 1 aromatic heterocycles. The van der Waals surface area contributed by atoms with E-state index in [9.17, 15) is 4.79 Å². The SMILES string of the molecule is Brc1ccccc1.Cn1cc(C=O)c2ccccc21. The van der Waals surface area contributed by atoms with Crippen molar-refractivity contribution in [1.82, 2.24) is 4.57 Å². The molecule has 0 saturated heterocycles. The zero-order chi connectivity index (χ0) is 13.7. The molecule has 2 nitrogen and oxygen atoms in total. The molecule has 0 aliphatic heterocycles. The van der Waals surface area contributed by atoms with Gasteiger partial charge in [0.2, 0.25) is 0 Å². The molecule has 0 atom stereocenters. The van der Waals surface area contributed by atoms with Gasteiger partial charge in [0.1, 0.15) is 0 Å². The molecule has 0 bridgehead atoms. The van der Waals surface area contributed by atoms with Crippen LogP contribution in [0, 0.1) is 0 Å². The highest BCUT2D eigenvalue weighted by Crippen LogP contribution is 2.17. The van der Waals surface area contributed by atoms with E-state index in [0.717, 1.165) is 27.2 Å². The molecule has 2 aromatic carbocycles. The Bertz CT molecular complexity index is 674. The van der Waals surface area contributed by atoms with Crippen molar-refractivity contribution in [3.63, 3.8) is 0 Å². The molecular weight excluding hydrogens is 302 g/mol. The number of halogens is 1. The van der Waals surface area contributed by atoms with E-state index < -0.39 is 0 Å². The zero-order valence-electron chi connectivity index (χ0n) is 10.6. The van der Waals surface area contributed by atoms with Crippen molar-refractivity contribution < 1.29 is 4.79 Å². The van der Waals surface area contributed by atoms with Crippen LogP contribution in [0.2, 0.25) is 0 Å². The molecule has 0 spiro atoms. The second-order valence-electron chi connectivity index (χ2n) is 4.13. The largest absolute Gasteiger partial charge is 0.350 e. The first-order chi connectivity index (χ1) is 9.22. The van der Waals surface area contributed by atoms with Gasteiger partial charge in [0.15, 0.2) is 6.29 Å². The van der Waals surface area contributed by atoms with Gasteiger partial charge < -0.3 is 4.57 Å². The maximum Gasteiger partial charge on any atom is 0.152 e. The molecule has 0 amide bonds. The van der Waals surface area contributed by atoms with Crippen molar-refractivity contribution in [3.8, 4) is 0 Å². The van der Waals surface area contributed by atoms with E-state index in [0.29, 0.717) is 0 Å². The van der Waals surface area contributed by atoms with Gasteiger partial charge in [0, 0.05) is 34.2 Å². The molecule has 3 heteroatoms. The highest BCUT2D eigenvalue weighted by Gasteiger charge is 2.02. The number of aromatic nitrogens is 1. The molecule has 0 unspecified atom stereocenters. The minimum atomic E-state index is 0.758. The highest BCUT2D eigenvalue weighted by molar-refractivity contribution is 9.10. The number of carbonyl (C=O) groups is 1. The number of rotatable bonds is 1. The minimum Gasteiger partial charge on any atom is -0.350 e. The molecule has 0 fully saturated rings. The molecule has 3 rings (SSSR count). The summed E-state index contributed by atoms with van der Waals surface area (Å²) in [5.41, 5.74) is 1.85. The van der Waals surface area contributed by atoms with Crippen LogP contribution < -0.4 is 0 Å². The Kier molecular flexibility index (Phi) is 4.53. The normalized spacial score (nSPS) is 9.79. The second-order valence-corrected chi connectivity index (χ2v) is 5.04. The average molecular weight is 316 g/mol. The Hall–Kier alpha value is -1.87. The number of fused-ring (bicyclic) bond motifs is 1. The maximum atomic E-state index is 10.6. The van der Waals surface area contributed by atoms with Gasteiger partial charge in [-0.2, -0.15) is 0 Å². The van der Waals surface area contributed by atoms with Crippen LogP contribution in [-0.2, 0) is 7.05 Å². The standard InChI is InChI=1S/C10H9NO.C6H5Br/c1-11-6-8(7-12)9-4-2-3-5-10(9)11;7-6-4-2-1-3-5-6/h2-7H,1H3;1-5H. The summed E-state index contributed by atoms with van der Waals surface area (Å²) in [4.78, 5) is 10.6. The van der Waals surface area contributed by atoms with Crippen LogP contribution in [0.5, 0.6) is 0 Å². The number of para-hydroxylation sites is 1. The lowest BCUT2D eigenvalue weighted by atomic mass is 10.2. The molecular formula is C16H14BrNO. The lowest BCUT2D eigenvalue weighted by molar-refractivity contribution is 0.112. The van der Waals surface area contributed by atoms with E-state index in [4.69, 9.17) is 0 Å². The summed E-state index contributed by atoms with van der Waals surface area (Å²) >= 11 is 3.31. The number of carbonyl (C=O) groups excluding carboxylic acids is 1. The maximum absolute atomic E-state index is 10.6. The first-order valence-corrected chi connectivity index (χ1v) is 6.71. The molecule has 0 N–H and O–H groups in total. The van der Waals surface area contributed by atoms with Gasteiger partial charge in [-0.05, 0) is 18.2 Å². The van der Waals surface area contributed by atoms with Crippen LogP contribution in [-0.4, -0.2) is 10.9 Å². The fraction of sp³-hybridized carbons (Fsp3) is 0.0625. The third-order valence-electron chi connectivity index (χ3n) is 2.79. The highest BCUT2D eigenvalue weighted by atomic mass is 79.9. The topological polar surface area (TPSA) is 22.0 Å². The van der Waals surface area contributed by atoms with Crippen molar-refractivity contribution in [2.24, 2.45) is 7.05 Å². The fourth-order valence-electron chi connectivity index (χ4n) is 1.88. The summed E-state index contributed by atoms with van der Waals surface area (Å²) < 4.78 is 3.09. The monoisotopic (exact) mass is 315 g/mol. The predicted octanol–water partition coefficient (Wildman–Crippen LogP) is 4.44. The van der Waals surface area contributed by atoms with Gasteiger partial charge in [0.25, 0.3) is 0 Å². The van der Waals surface area contributed by atoms with Crippen LogP contribution in [0.25, 0.3) is 10.9 Å². The minimum absolute atomic E-state index is 0.758. The third-order valence-corrected chi connectivity index (χ3v) is 3.32. The van der Waals surface area contributed by atoms with E-state index >= 15 is 0 Å². The van der Waals surface area contributed by atoms with Gasteiger partial charge in [-0.3, -0.25) is 4.79 Å². The molecule has 0 aliphatic carbocycles. The van der Waals surface area contributed by atoms with E-state index in [2.05, 4.69) is 15.9 Å². The van der Waals surface area contributed by atoms with Gasteiger partial charge >= 0.3 is 0 Å². The Morgan fingerprint density at radius 2 is 1.63 bits per heavy atom. The van der Waals surface area contributed by atoms with Crippen LogP contribution in [0.4, 0.5) is 0 Å². The van der Waals surface area contributed by atoms with Crippen molar-refractivity contribution in [2.45, 2.75) is 0 Å². The number of hydrogen-bond donors (Lipinski definition) is 0. The van der Waals surface area contributed by atoms with Crippen molar-refractivity contribution in [2.75, 3.05) is 0 Å². The fourth-order valence-corrected chi connectivity index (χ4v) is 2.19. The van der Waals surface area contributed by atoms with Gasteiger partial charge in [0.05, 0.1) is 0 Å². The molecule has 0 saturated carbocycles. The summed E-state index contributed by atoms with van der Waals surface area (Å²) in [5, 5.41) is 1.02. The summed E-state index contributed by atoms with van der Waals surface area (Å²) in [5.74, 6) is 0. The Morgan fingerprint density at radius 1 is 1.00 bits per heavy atom. The molecule has 19 heavy (non-hydrogen) atoms. The lowest BCUT2D eigenvalue weighted by Crippen LogP contribution is -1.81. The van der Waals surface area contributed by atoms with Crippen LogP contribution >= 0.6 is 15.9 Å². The number of aldehydes is 1. The Morgan fingerprint density at radius 3 is 2.21 bits per heavy atom. The quantitative estimate of drug-likeness (QED) is 0.608. The Labute approximate surface area is 120 Å². The predicted molar refractivity (Wildman–Crippen MR) is 82.4 cm³/mol. The van der Waals surface area contributed by atoms with Gasteiger partial charge in [-0.15, -0.1) is 0 Å². The molecule has 0 aliphatic rings. The first kappa shape index (κ1) is 13.6. The second kappa shape index (κ2) is 6.34. The van der Waals surface area contributed by atoms with Crippen LogP contribution in [0.3, 0.4) is 0 Å². The van der Waals surface area contributed by atoms with E-state index in [1.807, 2.05) is 72.4 Å². The molecule has 3 aromatic rings. The van der Waals surface area contributed by atoms with Gasteiger partial charge in [-0.25, -0.2) is 0 Å². The lowest BCUT2D eigenvalue weighted by Gasteiger charge is -1.92. The summed E-state index contributed by atoms with van der Waals surface area (Å²) in [6, 6.07) is 17.8. The number of benzene rings is 2. The van der Waals surface area contributed by atoms with Crippen molar-refractivity contribution in [3.05, 3.63) is 70.8 Å². The van der Waals surface area contributed by atoms with Crippen LogP contribution in [0.15, 0.2) is 65.3 Å². The molecule has 96 valence electrons. The summed E-state index contributed by atoms with van der Waals surface area (Å²) in [7, 11) is 1.94. The molecule has 0 radical (unpaired) electrons. The zero-order valence-corrected chi connectivity index (χ0v) is 12.2. The van der Waals surface area contributed by atoms with E-state index in [1.165, 1.54) is 0 Å². The third kappa shape index (κ3) is 3.32. The number of aryl methyl sites for hydroxylation is 1. The number of hydrogen-bond acceptors (Lipinski definition) is 1.